The lowest BCUT2D eigenvalue weighted by atomic mass is 10.2. The Morgan fingerprint density at radius 3 is 2.30 bits per heavy atom. The number of hydrogen-bond acceptors (Lipinski definition) is 8. The second-order valence-corrected chi connectivity index (χ2v) is 7.75. The lowest BCUT2D eigenvalue weighted by Crippen LogP contribution is -2.28. The smallest absolute Gasteiger partial charge is 0.350 e. The fourth-order valence-electron chi connectivity index (χ4n) is 4.03. The molecule has 33 heavy (non-hydrogen) atoms. The minimum Gasteiger partial charge on any atom is -0.493 e. The molecule has 0 spiro atoms. The van der Waals surface area contributed by atoms with Crippen LogP contribution in [0.1, 0.15) is 25.7 Å². The van der Waals surface area contributed by atoms with E-state index >= 15 is 0 Å². The van der Waals surface area contributed by atoms with Gasteiger partial charge in [0.15, 0.2) is 17.3 Å². The lowest BCUT2D eigenvalue weighted by molar-refractivity contribution is -0.117. The highest BCUT2D eigenvalue weighted by Crippen LogP contribution is 2.39. The van der Waals surface area contributed by atoms with Crippen molar-refractivity contribution < 1.29 is 19.0 Å². The van der Waals surface area contributed by atoms with Crippen molar-refractivity contribution in [3.8, 4) is 17.2 Å². The topological polar surface area (TPSA) is 112 Å². The summed E-state index contributed by atoms with van der Waals surface area (Å²) in [6, 6.07) is 3.24. The third-order valence-corrected chi connectivity index (χ3v) is 5.63. The van der Waals surface area contributed by atoms with Gasteiger partial charge in [-0.2, -0.15) is 0 Å². The van der Waals surface area contributed by atoms with Crippen molar-refractivity contribution in [1.29, 1.82) is 0 Å². The van der Waals surface area contributed by atoms with Crippen LogP contribution in [-0.2, 0) is 11.3 Å². The summed E-state index contributed by atoms with van der Waals surface area (Å²) in [7, 11) is 4.49. The normalized spacial score (nSPS) is 14.1. The molecular weight excluding hydrogens is 428 g/mol. The van der Waals surface area contributed by atoms with E-state index in [1.54, 1.807) is 24.5 Å². The van der Waals surface area contributed by atoms with Gasteiger partial charge in [-0.1, -0.05) is 12.8 Å². The maximum absolute atomic E-state index is 12.9. The summed E-state index contributed by atoms with van der Waals surface area (Å²) in [6.07, 6.45) is 7.68. The van der Waals surface area contributed by atoms with Gasteiger partial charge in [-0.15, -0.1) is 5.10 Å². The molecule has 1 aliphatic heterocycles. The predicted octanol–water partition coefficient (Wildman–Crippen LogP) is 1.94. The fraction of sp³-hybridized carbons (Fsp3) is 0.455. The van der Waals surface area contributed by atoms with E-state index in [0.29, 0.717) is 34.4 Å². The SMILES string of the molecule is COc1cc(NC(=O)Cn2nc3c(N4CCCCCC4)nccn3c2=O)cc(OC)c1OC. The van der Waals surface area contributed by atoms with Crippen molar-refractivity contribution in [3.63, 3.8) is 0 Å². The van der Waals surface area contributed by atoms with E-state index in [-0.39, 0.29) is 6.54 Å². The number of carbonyl (C=O) groups excluding carboxylic acids is 1. The van der Waals surface area contributed by atoms with E-state index in [2.05, 4.69) is 20.3 Å². The molecule has 4 rings (SSSR count). The summed E-state index contributed by atoms with van der Waals surface area (Å²) in [6.45, 7) is 1.49. The molecule has 1 aromatic carbocycles. The minimum atomic E-state index is -0.418. The van der Waals surface area contributed by atoms with Crippen LogP contribution >= 0.6 is 0 Å². The number of aromatic nitrogens is 4. The average molecular weight is 457 g/mol. The number of nitrogens with one attached hydrogen (secondary N) is 1. The van der Waals surface area contributed by atoms with Crippen LogP contribution < -0.4 is 30.1 Å². The number of rotatable bonds is 7. The third-order valence-electron chi connectivity index (χ3n) is 5.63. The van der Waals surface area contributed by atoms with Crippen molar-refractivity contribution in [2.75, 3.05) is 44.6 Å². The second-order valence-electron chi connectivity index (χ2n) is 7.75. The van der Waals surface area contributed by atoms with Gasteiger partial charge in [-0.3, -0.25) is 4.79 Å². The molecule has 3 heterocycles. The molecule has 1 amide bonds. The summed E-state index contributed by atoms with van der Waals surface area (Å²) in [4.78, 5) is 32.3. The van der Waals surface area contributed by atoms with Gasteiger partial charge in [0.05, 0.1) is 21.3 Å². The Labute approximate surface area is 190 Å². The van der Waals surface area contributed by atoms with Crippen molar-refractivity contribution >= 4 is 23.1 Å². The Morgan fingerprint density at radius 1 is 1.03 bits per heavy atom. The number of nitrogens with zero attached hydrogens (tertiary/aromatic N) is 5. The Bertz CT molecular complexity index is 1170. The lowest BCUT2D eigenvalue weighted by Gasteiger charge is -2.21. The standard InChI is InChI=1S/C22H28N6O5/c1-31-16-12-15(13-17(32-2)19(16)33-3)24-18(29)14-28-22(30)27-11-8-23-20(21(27)25-28)26-9-6-4-5-7-10-26/h8,11-13H,4-7,9-10,14H2,1-3H3,(H,24,29). The molecule has 0 bridgehead atoms. The molecule has 11 nitrogen and oxygen atoms in total. The van der Waals surface area contributed by atoms with Crippen molar-refractivity contribution in [3.05, 3.63) is 35.0 Å². The predicted molar refractivity (Wildman–Crippen MR) is 123 cm³/mol. The van der Waals surface area contributed by atoms with Gasteiger partial charge in [0.1, 0.15) is 6.54 Å². The van der Waals surface area contributed by atoms with Crippen LogP contribution in [0.15, 0.2) is 29.3 Å². The fourth-order valence-corrected chi connectivity index (χ4v) is 4.03. The number of hydrogen-bond donors (Lipinski definition) is 1. The Hall–Kier alpha value is -3.76. The number of ether oxygens (including phenoxy) is 3. The Balaban J connectivity index is 1.58. The molecule has 0 atom stereocenters. The number of carbonyl (C=O) groups is 1. The number of amides is 1. The maximum Gasteiger partial charge on any atom is 0.350 e. The van der Waals surface area contributed by atoms with Crippen molar-refractivity contribution in [2.24, 2.45) is 0 Å². The van der Waals surface area contributed by atoms with Crippen molar-refractivity contribution in [1.82, 2.24) is 19.2 Å². The molecule has 1 N–H and O–H groups in total. The third kappa shape index (κ3) is 4.57. The molecule has 1 saturated heterocycles. The molecule has 0 radical (unpaired) electrons. The van der Waals surface area contributed by atoms with E-state index in [9.17, 15) is 9.59 Å². The van der Waals surface area contributed by atoms with Gasteiger partial charge in [0, 0.05) is 43.3 Å². The second kappa shape index (κ2) is 9.80. The first kappa shape index (κ1) is 22.4. The summed E-state index contributed by atoms with van der Waals surface area (Å²) in [5.74, 6) is 1.48. The van der Waals surface area contributed by atoms with Gasteiger partial charge >= 0.3 is 5.69 Å². The van der Waals surface area contributed by atoms with E-state index in [1.807, 2.05) is 0 Å². The van der Waals surface area contributed by atoms with E-state index in [4.69, 9.17) is 14.2 Å². The van der Waals surface area contributed by atoms with Crippen LogP contribution in [0.2, 0.25) is 0 Å². The first-order valence-corrected chi connectivity index (χ1v) is 10.8. The first-order chi connectivity index (χ1) is 16.0. The van der Waals surface area contributed by atoms with Crippen LogP contribution in [0.5, 0.6) is 17.2 Å². The zero-order valence-electron chi connectivity index (χ0n) is 19.0. The molecule has 1 aliphatic rings. The quantitative estimate of drug-likeness (QED) is 0.574. The number of benzene rings is 1. The molecule has 3 aromatic rings. The molecule has 2 aromatic heterocycles. The zero-order chi connectivity index (χ0) is 23.4. The monoisotopic (exact) mass is 456 g/mol. The van der Waals surface area contributed by atoms with Crippen LogP contribution in [-0.4, -0.2) is 59.5 Å². The van der Waals surface area contributed by atoms with E-state index in [0.717, 1.165) is 30.6 Å². The highest BCUT2D eigenvalue weighted by Gasteiger charge is 2.20. The molecule has 0 saturated carbocycles. The van der Waals surface area contributed by atoms with Crippen LogP contribution in [0.4, 0.5) is 11.5 Å². The maximum atomic E-state index is 12.9. The van der Waals surface area contributed by atoms with E-state index < -0.39 is 11.6 Å². The zero-order valence-corrected chi connectivity index (χ0v) is 19.0. The van der Waals surface area contributed by atoms with Crippen LogP contribution in [0.25, 0.3) is 5.65 Å². The van der Waals surface area contributed by atoms with Crippen LogP contribution in [0.3, 0.4) is 0 Å². The summed E-state index contributed by atoms with van der Waals surface area (Å²) < 4.78 is 18.5. The molecule has 0 unspecified atom stereocenters. The molecule has 176 valence electrons. The first-order valence-electron chi connectivity index (χ1n) is 10.8. The summed E-state index contributed by atoms with van der Waals surface area (Å²) in [5.41, 5.74) is 0.492. The van der Waals surface area contributed by atoms with Gasteiger partial charge < -0.3 is 24.4 Å². The number of anilines is 2. The van der Waals surface area contributed by atoms with Crippen LogP contribution in [0, 0.1) is 0 Å². The minimum absolute atomic E-state index is 0.253. The van der Waals surface area contributed by atoms with Gasteiger partial charge in [-0.05, 0) is 12.8 Å². The highest BCUT2D eigenvalue weighted by atomic mass is 16.5. The molecule has 1 fully saturated rings. The van der Waals surface area contributed by atoms with Gasteiger partial charge in [0.2, 0.25) is 17.3 Å². The van der Waals surface area contributed by atoms with Gasteiger partial charge in [-0.25, -0.2) is 18.9 Å². The molecule has 11 heteroatoms. The molecule has 0 aliphatic carbocycles. The summed E-state index contributed by atoms with van der Waals surface area (Å²) in [5, 5.41) is 7.19. The Morgan fingerprint density at radius 2 is 1.70 bits per heavy atom. The number of fused-ring (bicyclic) bond motifs is 1. The largest absolute Gasteiger partial charge is 0.493 e. The summed E-state index contributed by atoms with van der Waals surface area (Å²) >= 11 is 0. The molecular formula is C22H28N6O5. The van der Waals surface area contributed by atoms with E-state index in [1.165, 1.54) is 38.6 Å². The Kier molecular flexibility index (Phi) is 6.66. The van der Waals surface area contributed by atoms with Crippen molar-refractivity contribution in [2.45, 2.75) is 32.2 Å². The van der Waals surface area contributed by atoms with Gasteiger partial charge in [0.25, 0.3) is 0 Å². The number of methoxy groups -OCH3 is 3. The highest BCUT2D eigenvalue weighted by molar-refractivity contribution is 5.91. The average Bonchev–Trinajstić information content (AvgIpc) is 2.99.